The van der Waals surface area contributed by atoms with Crippen LogP contribution in [0, 0.1) is 0 Å². The molecule has 7 nitrogen and oxygen atoms in total. The van der Waals surface area contributed by atoms with Gasteiger partial charge in [-0.15, -0.1) is 0 Å². The Bertz CT molecular complexity index is 704. The summed E-state index contributed by atoms with van der Waals surface area (Å²) in [4.78, 5) is 25.7. The number of carboxylic acid groups (broad SMARTS) is 1. The van der Waals surface area contributed by atoms with Crippen LogP contribution in [0.2, 0.25) is 0 Å². The van der Waals surface area contributed by atoms with Gasteiger partial charge in [-0.05, 0) is 31.0 Å². The molecule has 2 rings (SSSR count). The van der Waals surface area contributed by atoms with Crippen LogP contribution in [0.4, 0.5) is 23.7 Å². The van der Waals surface area contributed by atoms with Crippen molar-refractivity contribution in [1.29, 1.82) is 0 Å². The van der Waals surface area contributed by atoms with E-state index in [1.165, 1.54) is 11.0 Å². The van der Waals surface area contributed by atoms with Crippen molar-refractivity contribution in [3.63, 3.8) is 0 Å². The maximum Gasteiger partial charge on any atom is 0.416 e. The summed E-state index contributed by atoms with van der Waals surface area (Å²) in [5, 5.41) is 12.0. The second-order valence-electron chi connectivity index (χ2n) is 6.75. The molecule has 0 spiro atoms. The van der Waals surface area contributed by atoms with E-state index in [4.69, 9.17) is 9.84 Å². The largest absolute Gasteiger partial charge is 0.466 e. The maximum atomic E-state index is 13.1. The summed E-state index contributed by atoms with van der Waals surface area (Å²) < 4.78 is 44.1. The van der Waals surface area contributed by atoms with Crippen LogP contribution in [0.25, 0.3) is 0 Å². The van der Waals surface area contributed by atoms with Gasteiger partial charge in [0.15, 0.2) is 0 Å². The lowest BCUT2D eigenvalue weighted by atomic mass is 10.1. The van der Waals surface area contributed by atoms with Gasteiger partial charge in [0.2, 0.25) is 0 Å². The molecule has 1 aliphatic rings. The second-order valence-corrected chi connectivity index (χ2v) is 6.75. The molecule has 1 aliphatic heterocycles. The van der Waals surface area contributed by atoms with Gasteiger partial charge in [0.05, 0.1) is 12.2 Å². The van der Waals surface area contributed by atoms with Crippen LogP contribution in [0.5, 0.6) is 0 Å². The number of nitrogens with one attached hydrogen (secondary N) is 1. The predicted octanol–water partition coefficient (Wildman–Crippen LogP) is 3.26. The highest BCUT2D eigenvalue weighted by Crippen LogP contribution is 2.32. The third-order valence-electron chi connectivity index (χ3n) is 4.65. The van der Waals surface area contributed by atoms with Gasteiger partial charge in [-0.1, -0.05) is 6.07 Å². The molecule has 0 unspecified atom stereocenters. The lowest BCUT2D eigenvalue weighted by Gasteiger charge is -2.33. The summed E-state index contributed by atoms with van der Waals surface area (Å²) in [6, 6.07) is 3.57. The van der Waals surface area contributed by atoms with E-state index < -0.39 is 17.8 Å². The second kappa shape index (κ2) is 10.3. The molecule has 1 fully saturated rings. The van der Waals surface area contributed by atoms with E-state index in [-0.39, 0.29) is 12.4 Å². The molecule has 1 aromatic rings. The quantitative estimate of drug-likeness (QED) is 0.499. The Balaban J connectivity index is 2.02. The standard InChI is InChI=1S/C19H26F3N3O4/c1-2-29-17(26)4-3-7-23-16-12-15(19(20,21)22)6-5-14(16)13-24-8-10-25(11-9-24)18(27)28/h5-6,12,23H,2-4,7-11,13H2,1H3,(H,27,28). The van der Waals surface area contributed by atoms with Crippen molar-refractivity contribution < 1.29 is 32.6 Å². The number of hydrogen-bond acceptors (Lipinski definition) is 5. The fourth-order valence-electron chi connectivity index (χ4n) is 3.08. The number of nitrogens with zero attached hydrogens (tertiary/aromatic N) is 2. The number of carbonyl (C=O) groups is 2. The minimum atomic E-state index is -4.45. The molecule has 29 heavy (non-hydrogen) atoms. The Morgan fingerprint density at radius 3 is 2.48 bits per heavy atom. The number of hydrogen-bond donors (Lipinski definition) is 2. The Kier molecular flexibility index (Phi) is 8.12. The first-order chi connectivity index (χ1) is 13.7. The monoisotopic (exact) mass is 417 g/mol. The molecule has 2 N–H and O–H groups in total. The molecule has 0 bridgehead atoms. The third-order valence-corrected chi connectivity index (χ3v) is 4.65. The summed E-state index contributed by atoms with van der Waals surface area (Å²) in [6.07, 6.45) is -4.80. The first kappa shape index (κ1) is 22.8. The summed E-state index contributed by atoms with van der Waals surface area (Å²) in [6.45, 7) is 4.48. The van der Waals surface area contributed by atoms with Crippen LogP contribution in [-0.4, -0.2) is 66.3 Å². The zero-order valence-electron chi connectivity index (χ0n) is 16.3. The van der Waals surface area contributed by atoms with Crippen molar-refractivity contribution in [2.45, 2.75) is 32.5 Å². The molecule has 0 aliphatic carbocycles. The van der Waals surface area contributed by atoms with Gasteiger partial charge in [-0.3, -0.25) is 9.69 Å². The van der Waals surface area contributed by atoms with Crippen LogP contribution < -0.4 is 5.32 Å². The maximum absolute atomic E-state index is 13.1. The fourth-order valence-corrected chi connectivity index (χ4v) is 3.08. The number of piperazine rings is 1. The van der Waals surface area contributed by atoms with Crippen LogP contribution in [0.1, 0.15) is 30.9 Å². The van der Waals surface area contributed by atoms with Gasteiger partial charge in [0.25, 0.3) is 0 Å². The first-order valence-corrected chi connectivity index (χ1v) is 9.50. The van der Waals surface area contributed by atoms with Gasteiger partial charge in [-0.2, -0.15) is 13.2 Å². The summed E-state index contributed by atoms with van der Waals surface area (Å²) in [7, 11) is 0. The van der Waals surface area contributed by atoms with Gasteiger partial charge < -0.3 is 20.1 Å². The lowest BCUT2D eigenvalue weighted by Crippen LogP contribution is -2.47. The van der Waals surface area contributed by atoms with E-state index in [1.807, 2.05) is 4.90 Å². The van der Waals surface area contributed by atoms with Crippen molar-refractivity contribution in [1.82, 2.24) is 9.80 Å². The van der Waals surface area contributed by atoms with Crippen LogP contribution in [0.3, 0.4) is 0 Å². The van der Waals surface area contributed by atoms with E-state index in [2.05, 4.69) is 5.32 Å². The summed E-state index contributed by atoms with van der Waals surface area (Å²) >= 11 is 0. The van der Waals surface area contributed by atoms with Crippen molar-refractivity contribution >= 4 is 17.7 Å². The predicted molar refractivity (Wildman–Crippen MR) is 101 cm³/mol. The Morgan fingerprint density at radius 1 is 1.21 bits per heavy atom. The number of rotatable bonds is 8. The molecular formula is C19H26F3N3O4. The van der Waals surface area contributed by atoms with Gasteiger partial charge >= 0.3 is 18.2 Å². The Morgan fingerprint density at radius 2 is 1.90 bits per heavy atom. The Hall–Kier alpha value is -2.49. The van der Waals surface area contributed by atoms with Gasteiger partial charge in [-0.25, -0.2) is 4.79 Å². The number of halogens is 3. The molecule has 1 amide bonds. The van der Waals surface area contributed by atoms with E-state index in [9.17, 15) is 22.8 Å². The number of anilines is 1. The average Bonchev–Trinajstić information content (AvgIpc) is 2.66. The SMILES string of the molecule is CCOC(=O)CCCNc1cc(C(F)(F)F)ccc1CN1CCN(C(=O)O)CC1. The normalized spacial score (nSPS) is 15.2. The number of carbonyl (C=O) groups excluding carboxylic acids is 1. The highest BCUT2D eigenvalue weighted by Gasteiger charge is 2.31. The van der Waals surface area contributed by atoms with E-state index in [1.54, 1.807) is 6.92 Å². The van der Waals surface area contributed by atoms with E-state index in [0.717, 1.165) is 12.1 Å². The number of benzene rings is 1. The molecule has 1 saturated heterocycles. The van der Waals surface area contributed by atoms with Crippen LogP contribution >= 0.6 is 0 Å². The number of amides is 1. The van der Waals surface area contributed by atoms with Crippen LogP contribution in [0.15, 0.2) is 18.2 Å². The van der Waals surface area contributed by atoms with E-state index in [0.29, 0.717) is 63.5 Å². The van der Waals surface area contributed by atoms with Gasteiger partial charge in [0, 0.05) is 51.4 Å². The summed E-state index contributed by atoms with van der Waals surface area (Å²) in [5.41, 5.74) is 0.312. The van der Waals surface area contributed by atoms with Crippen molar-refractivity contribution in [2.24, 2.45) is 0 Å². The molecule has 0 radical (unpaired) electrons. The number of alkyl halides is 3. The van der Waals surface area contributed by atoms with Gasteiger partial charge in [0.1, 0.15) is 0 Å². The average molecular weight is 417 g/mol. The van der Waals surface area contributed by atoms with Crippen molar-refractivity contribution in [3.8, 4) is 0 Å². The zero-order chi connectivity index (χ0) is 21.4. The van der Waals surface area contributed by atoms with Crippen LogP contribution in [-0.2, 0) is 22.3 Å². The fraction of sp³-hybridized carbons (Fsp3) is 0.579. The molecule has 0 aromatic heterocycles. The van der Waals surface area contributed by atoms with Crippen molar-refractivity contribution in [3.05, 3.63) is 29.3 Å². The third kappa shape index (κ3) is 7.12. The molecule has 10 heteroatoms. The smallest absolute Gasteiger partial charge is 0.416 e. The molecule has 0 atom stereocenters. The van der Waals surface area contributed by atoms with E-state index >= 15 is 0 Å². The number of ether oxygens (including phenoxy) is 1. The Labute approximate surface area is 167 Å². The molecule has 162 valence electrons. The number of esters is 1. The lowest BCUT2D eigenvalue weighted by molar-refractivity contribution is -0.143. The molecule has 1 aromatic carbocycles. The van der Waals surface area contributed by atoms with Crippen molar-refractivity contribution in [2.75, 3.05) is 44.6 Å². The minimum Gasteiger partial charge on any atom is -0.466 e. The highest BCUT2D eigenvalue weighted by molar-refractivity contribution is 5.69. The molecule has 1 heterocycles. The molecule has 0 saturated carbocycles. The topological polar surface area (TPSA) is 82.1 Å². The molecular weight excluding hydrogens is 391 g/mol. The highest BCUT2D eigenvalue weighted by atomic mass is 19.4. The first-order valence-electron chi connectivity index (χ1n) is 9.50. The zero-order valence-corrected chi connectivity index (χ0v) is 16.3. The summed E-state index contributed by atoms with van der Waals surface area (Å²) in [5.74, 6) is -0.338. The minimum absolute atomic E-state index is 0.187.